The number of pyridine rings is 1. The molecule has 1 saturated heterocycles. The monoisotopic (exact) mass is 384 g/mol. The van der Waals surface area contributed by atoms with E-state index in [1.54, 1.807) is 12.4 Å². The molecule has 1 aliphatic heterocycles. The second-order valence-corrected chi connectivity index (χ2v) is 7.05. The van der Waals surface area contributed by atoms with Crippen LogP contribution in [0.25, 0.3) is 0 Å². The molecule has 1 aromatic heterocycles. The Hall–Kier alpha value is -2.24. The number of rotatable bonds is 8. The molecule has 1 aromatic carbocycles. The minimum atomic E-state index is -0.264. The molecule has 1 N–H and O–H groups in total. The van der Waals surface area contributed by atoms with Gasteiger partial charge in [-0.1, -0.05) is 42.0 Å². The third kappa shape index (κ3) is 9.11. The topological polar surface area (TPSA) is 60.5 Å². The molecule has 1 fully saturated rings. The fourth-order valence-corrected chi connectivity index (χ4v) is 3.09. The third-order valence-electron chi connectivity index (χ3n) is 4.54. The van der Waals surface area contributed by atoms with E-state index >= 15 is 0 Å². The standard InChI is InChI=1S/C16H24N2O3.C7H8/c1-13(19)21-16(14-5-2-8-17-11-14)7-4-10-20-12-15-6-3-9-18-15;1-7-5-3-2-4-6-7/h2,5,8,11,15-16,18H,3-4,6-7,9-10,12H2,1H3;2-6H,1H3. The fraction of sp³-hybridized carbons (Fsp3) is 0.478. The zero-order valence-corrected chi connectivity index (χ0v) is 17.0. The molecule has 2 heterocycles. The number of aryl methyl sites for hydroxylation is 1. The Morgan fingerprint density at radius 1 is 1.25 bits per heavy atom. The first kappa shape index (κ1) is 22.1. The summed E-state index contributed by atoms with van der Waals surface area (Å²) in [4.78, 5) is 15.3. The van der Waals surface area contributed by atoms with Crippen molar-refractivity contribution in [3.8, 4) is 0 Å². The number of nitrogens with one attached hydrogen (secondary N) is 1. The Labute approximate surface area is 168 Å². The summed E-state index contributed by atoms with van der Waals surface area (Å²) in [6.45, 7) is 6.08. The van der Waals surface area contributed by atoms with Crippen molar-refractivity contribution < 1.29 is 14.3 Å². The molecule has 0 bridgehead atoms. The number of ether oxygens (including phenoxy) is 2. The van der Waals surface area contributed by atoms with E-state index in [9.17, 15) is 4.79 Å². The lowest BCUT2D eigenvalue weighted by Gasteiger charge is -2.17. The van der Waals surface area contributed by atoms with Crippen LogP contribution >= 0.6 is 0 Å². The van der Waals surface area contributed by atoms with E-state index in [4.69, 9.17) is 9.47 Å². The van der Waals surface area contributed by atoms with Gasteiger partial charge < -0.3 is 14.8 Å². The van der Waals surface area contributed by atoms with Gasteiger partial charge in [-0.05, 0) is 45.2 Å². The predicted octanol–water partition coefficient (Wildman–Crippen LogP) is 4.23. The van der Waals surface area contributed by atoms with Gasteiger partial charge in [-0.15, -0.1) is 0 Å². The van der Waals surface area contributed by atoms with Crippen LogP contribution in [-0.4, -0.2) is 36.8 Å². The molecular formula is C23H32N2O3. The number of aromatic nitrogens is 1. The summed E-state index contributed by atoms with van der Waals surface area (Å²) in [6, 6.07) is 14.6. The zero-order valence-electron chi connectivity index (χ0n) is 17.0. The summed E-state index contributed by atoms with van der Waals surface area (Å²) in [6.07, 6.45) is 7.28. The van der Waals surface area contributed by atoms with Crippen molar-refractivity contribution in [1.29, 1.82) is 0 Å². The van der Waals surface area contributed by atoms with Gasteiger partial charge in [0.2, 0.25) is 0 Å². The number of hydrogen-bond donors (Lipinski definition) is 1. The Morgan fingerprint density at radius 3 is 2.64 bits per heavy atom. The number of benzene rings is 1. The summed E-state index contributed by atoms with van der Waals surface area (Å²) in [5, 5.41) is 3.41. The number of hydrogen-bond acceptors (Lipinski definition) is 5. The van der Waals surface area contributed by atoms with Gasteiger partial charge in [0.05, 0.1) is 6.61 Å². The van der Waals surface area contributed by atoms with Crippen molar-refractivity contribution in [2.24, 2.45) is 0 Å². The molecule has 0 radical (unpaired) electrons. The van der Waals surface area contributed by atoms with Crippen molar-refractivity contribution in [3.63, 3.8) is 0 Å². The molecule has 2 aromatic rings. The van der Waals surface area contributed by atoms with Gasteiger partial charge in [0, 0.05) is 37.5 Å². The molecule has 2 atom stereocenters. The second kappa shape index (κ2) is 13.0. The van der Waals surface area contributed by atoms with Crippen molar-refractivity contribution in [2.45, 2.75) is 51.7 Å². The summed E-state index contributed by atoms with van der Waals surface area (Å²) < 4.78 is 11.1. The van der Waals surface area contributed by atoms with Crippen molar-refractivity contribution in [2.75, 3.05) is 19.8 Å². The highest BCUT2D eigenvalue weighted by molar-refractivity contribution is 5.66. The summed E-state index contributed by atoms with van der Waals surface area (Å²) in [5.74, 6) is -0.264. The smallest absolute Gasteiger partial charge is 0.303 e. The Balaban J connectivity index is 0.000000336. The minimum Gasteiger partial charge on any atom is -0.458 e. The molecule has 5 nitrogen and oxygen atoms in total. The Morgan fingerprint density at radius 2 is 2.07 bits per heavy atom. The summed E-state index contributed by atoms with van der Waals surface area (Å²) in [7, 11) is 0. The van der Waals surface area contributed by atoms with E-state index < -0.39 is 0 Å². The van der Waals surface area contributed by atoms with Gasteiger partial charge in [0.15, 0.2) is 0 Å². The first-order chi connectivity index (χ1) is 13.6. The lowest BCUT2D eigenvalue weighted by molar-refractivity contribution is -0.147. The SMILES string of the molecule is CC(=O)OC(CCCOCC1CCCN1)c1cccnc1.Cc1ccccc1. The van der Waals surface area contributed by atoms with E-state index in [2.05, 4.69) is 29.4 Å². The van der Waals surface area contributed by atoms with Gasteiger partial charge in [0.25, 0.3) is 0 Å². The molecule has 5 heteroatoms. The van der Waals surface area contributed by atoms with Crippen LogP contribution in [0.5, 0.6) is 0 Å². The average Bonchev–Trinajstić information content (AvgIpc) is 3.22. The molecule has 0 amide bonds. The molecule has 28 heavy (non-hydrogen) atoms. The third-order valence-corrected chi connectivity index (χ3v) is 4.54. The maximum absolute atomic E-state index is 11.2. The molecule has 2 unspecified atom stereocenters. The first-order valence-electron chi connectivity index (χ1n) is 10.0. The van der Waals surface area contributed by atoms with E-state index in [1.165, 1.54) is 25.3 Å². The highest BCUT2D eigenvalue weighted by atomic mass is 16.5. The van der Waals surface area contributed by atoms with Gasteiger partial charge in [-0.2, -0.15) is 0 Å². The van der Waals surface area contributed by atoms with Gasteiger partial charge in [-0.25, -0.2) is 0 Å². The minimum absolute atomic E-state index is 0.232. The second-order valence-electron chi connectivity index (χ2n) is 7.05. The van der Waals surface area contributed by atoms with Crippen molar-refractivity contribution >= 4 is 5.97 Å². The van der Waals surface area contributed by atoms with Gasteiger partial charge >= 0.3 is 5.97 Å². The number of carbonyl (C=O) groups is 1. The molecular weight excluding hydrogens is 352 g/mol. The summed E-state index contributed by atoms with van der Waals surface area (Å²) >= 11 is 0. The average molecular weight is 385 g/mol. The van der Waals surface area contributed by atoms with Crippen molar-refractivity contribution in [1.82, 2.24) is 10.3 Å². The van der Waals surface area contributed by atoms with E-state index in [1.807, 2.05) is 30.3 Å². The quantitative estimate of drug-likeness (QED) is 0.545. The molecule has 0 aliphatic carbocycles. The zero-order chi connectivity index (χ0) is 20.0. The normalized spacial score (nSPS) is 16.7. The summed E-state index contributed by atoms with van der Waals surface area (Å²) in [5.41, 5.74) is 2.26. The molecule has 1 aliphatic rings. The molecule has 3 rings (SSSR count). The van der Waals surface area contributed by atoms with Gasteiger partial charge in [-0.3, -0.25) is 9.78 Å². The highest BCUT2D eigenvalue weighted by Gasteiger charge is 2.16. The van der Waals surface area contributed by atoms with Crippen LogP contribution < -0.4 is 5.32 Å². The number of esters is 1. The fourth-order valence-electron chi connectivity index (χ4n) is 3.09. The highest BCUT2D eigenvalue weighted by Crippen LogP contribution is 2.22. The van der Waals surface area contributed by atoms with Crippen LogP contribution in [0, 0.1) is 6.92 Å². The Kier molecular flexibility index (Phi) is 10.3. The largest absolute Gasteiger partial charge is 0.458 e. The van der Waals surface area contributed by atoms with Crippen LogP contribution in [0.1, 0.15) is 49.8 Å². The van der Waals surface area contributed by atoms with Crippen LogP contribution in [0.3, 0.4) is 0 Å². The van der Waals surface area contributed by atoms with Crippen LogP contribution in [0.15, 0.2) is 54.9 Å². The first-order valence-corrected chi connectivity index (χ1v) is 10.0. The van der Waals surface area contributed by atoms with Crippen LogP contribution in [0.4, 0.5) is 0 Å². The lowest BCUT2D eigenvalue weighted by atomic mass is 10.1. The van der Waals surface area contributed by atoms with Crippen LogP contribution in [0.2, 0.25) is 0 Å². The Bertz CT molecular complexity index is 658. The van der Waals surface area contributed by atoms with Crippen molar-refractivity contribution in [3.05, 3.63) is 66.0 Å². The molecule has 0 spiro atoms. The van der Waals surface area contributed by atoms with E-state index in [-0.39, 0.29) is 12.1 Å². The molecule has 152 valence electrons. The van der Waals surface area contributed by atoms with E-state index in [0.29, 0.717) is 12.6 Å². The van der Waals surface area contributed by atoms with E-state index in [0.717, 1.165) is 31.6 Å². The lowest BCUT2D eigenvalue weighted by Crippen LogP contribution is -2.26. The predicted molar refractivity (Wildman–Crippen MR) is 111 cm³/mol. The van der Waals surface area contributed by atoms with Crippen LogP contribution in [-0.2, 0) is 14.3 Å². The maximum Gasteiger partial charge on any atom is 0.303 e. The number of nitrogens with zero attached hydrogens (tertiary/aromatic N) is 1. The number of carbonyl (C=O) groups excluding carboxylic acids is 1. The van der Waals surface area contributed by atoms with Gasteiger partial charge in [0.1, 0.15) is 6.10 Å². The molecule has 0 saturated carbocycles. The maximum atomic E-state index is 11.2.